The van der Waals surface area contributed by atoms with Gasteiger partial charge in [-0.3, -0.25) is 15.2 Å². The maximum absolute atomic E-state index is 11.9. The number of hydrogen-bond acceptors (Lipinski definition) is 4. The lowest BCUT2D eigenvalue weighted by molar-refractivity contribution is 0.102. The Balaban J connectivity index is 2.22. The average Bonchev–Trinajstić information content (AvgIpc) is 2.67. The minimum absolute atomic E-state index is 0.200. The Morgan fingerprint density at radius 1 is 1.53 bits per heavy atom. The van der Waals surface area contributed by atoms with Crippen molar-refractivity contribution < 1.29 is 4.79 Å². The summed E-state index contributed by atoms with van der Waals surface area (Å²) in [6, 6.07) is 4.68. The van der Waals surface area contributed by atoms with Gasteiger partial charge in [-0.2, -0.15) is 4.98 Å². The van der Waals surface area contributed by atoms with Crippen LogP contribution >= 0.6 is 11.6 Å². The molecule has 2 aromatic rings. The zero-order valence-electron chi connectivity index (χ0n) is 8.99. The summed E-state index contributed by atoms with van der Waals surface area (Å²) in [5.41, 5.74) is 6.34. The molecule has 0 bridgehead atoms. The second kappa shape index (κ2) is 4.42. The van der Waals surface area contributed by atoms with Crippen molar-refractivity contribution in [3.8, 4) is 0 Å². The number of rotatable bonds is 2. The molecule has 0 unspecified atom stereocenters. The molecule has 0 aliphatic heterocycles. The molecule has 1 heterocycles. The van der Waals surface area contributed by atoms with Crippen molar-refractivity contribution in [2.75, 3.05) is 11.1 Å². The monoisotopic (exact) mass is 251 g/mol. The number of aromatic nitrogens is 3. The van der Waals surface area contributed by atoms with Crippen molar-refractivity contribution in [2.45, 2.75) is 6.92 Å². The highest BCUT2D eigenvalue weighted by Crippen LogP contribution is 2.19. The molecule has 0 radical (unpaired) electrons. The summed E-state index contributed by atoms with van der Waals surface area (Å²) in [7, 11) is 0. The van der Waals surface area contributed by atoms with E-state index in [4.69, 9.17) is 17.3 Å². The quantitative estimate of drug-likeness (QED) is 0.706. The number of halogens is 1. The molecule has 1 aromatic heterocycles. The number of H-pyrrole nitrogens is 1. The van der Waals surface area contributed by atoms with E-state index in [1.165, 1.54) is 6.07 Å². The smallest absolute Gasteiger partial charge is 0.259 e. The lowest BCUT2D eigenvalue weighted by atomic mass is 10.2. The summed E-state index contributed by atoms with van der Waals surface area (Å²) < 4.78 is 0. The Morgan fingerprint density at radius 2 is 2.29 bits per heavy atom. The van der Waals surface area contributed by atoms with Gasteiger partial charge in [0.05, 0.1) is 10.6 Å². The van der Waals surface area contributed by atoms with Crippen LogP contribution in [0.25, 0.3) is 0 Å². The van der Waals surface area contributed by atoms with Gasteiger partial charge in [-0.1, -0.05) is 11.6 Å². The number of nitrogens with two attached hydrogens (primary N) is 1. The molecule has 1 amide bonds. The van der Waals surface area contributed by atoms with Crippen LogP contribution in [0.2, 0.25) is 5.02 Å². The van der Waals surface area contributed by atoms with Gasteiger partial charge < -0.3 is 5.73 Å². The van der Waals surface area contributed by atoms with E-state index in [0.717, 1.165) is 0 Å². The molecule has 0 aliphatic rings. The predicted octanol–water partition coefficient (Wildman–Crippen LogP) is 1.60. The highest BCUT2D eigenvalue weighted by Gasteiger charge is 2.12. The van der Waals surface area contributed by atoms with Crippen LogP contribution in [0.4, 0.5) is 11.6 Å². The largest absolute Gasteiger partial charge is 0.399 e. The van der Waals surface area contributed by atoms with Gasteiger partial charge in [-0.15, -0.1) is 5.10 Å². The van der Waals surface area contributed by atoms with Crippen molar-refractivity contribution >= 4 is 29.1 Å². The van der Waals surface area contributed by atoms with E-state index in [2.05, 4.69) is 20.5 Å². The van der Waals surface area contributed by atoms with Gasteiger partial charge in [-0.05, 0) is 25.1 Å². The molecular formula is C10H10ClN5O. The third-order valence-electron chi connectivity index (χ3n) is 2.06. The van der Waals surface area contributed by atoms with Crippen LogP contribution in [0.1, 0.15) is 16.2 Å². The Morgan fingerprint density at radius 3 is 2.94 bits per heavy atom. The number of amides is 1. The summed E-state index contributed by atoms with van der Waals surface area (Å²) in [4.78, 5) is 15.8. The van der Waals surface area contributed by atoms with Crippen molar-refractivity contribution in [2.24, 2.45) is 0 Å². The number of nitrogen functional groups attached to an aromatic ring is 1. The predicted molar refractivity (Wildman–Crippen MR) is 64.9 cm³/mol. The van der Waals surface area contributed by atoms with Gasteiger partial charge in [0.2, 0.25) is 5.95 Å². The highest BCUT2D eigenvalue weighted by atomic mass is 35.5. The fourth-order valence-electron chi connectivity index (χ4n) is 1.28. The first kappa shape index (κ1) is 11.4. The van der Waals surface area contributed by atoms with E-state index in [-0.39, 0.29) is 11.5 Å². The maximum Gasteiger partial charge on any atom is 0.259 e. The molecular weight excluding hydrogens is 242 g/mol. The molecule has 88 valence electrons. The number of aromatic amines is 1. The van der Waals surface area contributed by atoms with E-state index >= 15 is 0 Å². The second-order valence-corrected chi connectivity index (χ2v) is 3.85. The van der Waals surface area contributed by atoms with Crippen LogP contribution in [0.3, 0.4) is 0 Å². The topological polar surface area (TPSA) is 96.7 Å². The number of hydrogen-bond donors (Lipinski definition) is 3. The van der Waals surface area contributed by atoms with E-state index < -0.39 is 5.91 Å². The first-order chi connectivity index (χ1) is 8.06. The zero-order valence-corrected chi connectivity index (χ0v) is 9.75. The fourth-order valence-corrected chi connectivity index (χ4v) is 1.49. The molecule has 1 aromatic carbocycles. The first-order valence-electron chi connectivity index (χ1n) is 4.81. The summed E-state index contributed by atoms with van der Waals surface area (Å²) in [5.74, 6) is 0.409. The van der Waals surface area contributed by atoms with Crippen LogP contribution in [0.5, 0.6) is 0 Å². The molecule has 6 nitrogen and oxygen atoms in total. The van der Waals surface area contributed by atoms with Gasteiger partial charge in [0.15, 0.2) is 0 Å². The molecule has 0 saturated heterocycles. The highest BCUT2D eigenvalue weighted by molar-refractivity contribution is 6.34. The lowest BCUT2D eigenvalue weighted by Gasteiger charge is -2.04. The van der Waals surface area contributed by atoms with Crippen LogP contribution < -0.4 is 11.1 Å². The van der Waals surface area contributed by atoms with Gasteiger partial charge in [0.25, 0.3) is 5.91 Å². The fraction of sp³-hybridized carbons (Fsp3) is 0.100. The zero-order chi connectivity index (χ0) is 12.4. The first-order valence-corrected chi connectivity index (χ1v) is 5.19. The molecule has 0 saturated carbocycles. The standard InChI is InChI=1S/C10H10ClN5O/c1-5-13-10(16-15-5)14-9(17)7-4-6(12)2-3-8(7)11/h2-4H,12H2,1H3,(H2,13,14,15,16,17). The molecule has 2 rings (SSSR count). The van der Waals surface area contributed by atoms with Crippen LogP contribution in [-0.2, 0) is 0 Å². The minimum Gasteiger partial charge on any atom is -0.399 e. The Hall–Kier alpha value is -2.08. The van der Waals surface area contributed by atoms with Gasteiger partial charge in [0, 0.05) is 5.69 Å². The summed E-state index contributed by atoms with van der Waals surface area (Å²) in [6.45, 7) is 1.73. The van der Waals surface area contributed by atoms with E-state index in [1.807, 2.05) is 0 Å². The summed E-state index contributed by atoms with van der Waals surface area (Å²) >= 11 is 5.90. The summed E-state index contributed by atoms with van der Waals surface area (Å²) in [6.07, 6.45) is 0. The number of nitrogens with zero attached hydrogens (tertiary/aromatic N) is 2. The molecule has 0 aliphatic carbocycles. The van der Waals surface area contributed by atoms with E-state index in [9.17, 15) is 4.79 Å². The number of benzene rings is 1. The van der Waals surface area contributed by atoms with E-state index in [0.29, 0.717) is 16.5 Å². The Bertz CT molecular complexity index is 566. The number of carbonyl (C=O) groups excluding carboxylic acids is 1. The molecule has 17 heavy (non-hydrogen) atoms. The van der Waals surface area contributed by atoms with Crippen LogP contribution in [0.15, 0.2) is 18.2 Å². The van der Waals surface area contributed by atoms with Crippen LogP contribution in [0, 0.1) is 6.92 Å². The third kappa shape index (κ3) is 2.54. The normalized spacial score (nSPS) is 10.2. The van der Waals surface area contributed by atoms with Crippen molar-refractivity contribution in [3.63, 3.8) is 0 Å². The van der Waals surface area contributed by atoms with E-state index in [1.54, 1.807) is 19.1 Å². The maximum atomic E-state index is 11.9. The molecule has 0 fully saturated rings. The third-order valence-corrected chi connectivity index (χ3v) is 2.39. The molecule has 0 spiro atoms. The van der Waals surface area contributed by atoms with Gasteiger partial charge in [0.1, 0.15) is 5.82 Å². The SMILES string of the molecule is Cc1nc(NC(=O)c2cc(N)ccc2Cl)n[nH]1. The van der Waals surface area contributed by atoms with Gasteiger partial charge in [-0.25, -0.2) is 0 Å². The molecule has 4 N–H and O–H groups in total. The Kier molecular flexibility index (Phi) is 2.97. The number of nitrogens with one attached hydrogen (secondary N) is 2. The minimum atomic E-state index is -0.402. The van der Waals surface area contributed by atoms with Crippen molar-refractivity contribution in [1.82, 2.24) is 15.2 Å². The molecule has 7 heteroatoms. The lowest BCUT2D eigenvalue weighted by Crippen LogP contribution is -2.14. The van der Waals surface area contributed by atoms with Crippen molar-refractivity contribution in [3.05, 3.63) is 34.6 Å². The average molecular weight is 252 g/mol. The van der Waals surface area contributed by atoms with Gasteiger partial charge >= 0.3 is 0 Å². The second-order valence-electron chi connectivity index (χ2n) is 3.44. The number of aryl methyl sites for hydroxylation is 1. The summed E-state index contributed by atoms with van der Waals surface area (Å²) in [5, 5.41) is 9.25. The molecule has 0 atom stereocenters. The number of anilines is 2. The van der Waals surface area contributed by atoms with Crippen molar-refractivity contribution in [1.29, 1.82) is 0 Å². The number of carbonyl (C=O) groups is 1. The van der Waals surface area contributed by atoms with Crippen LogP contribution in [-0.4, -0.2) is 21.1 Å². The Labute approximate surface area is 102 Å².